The Kier molecular flexibility index (Phi) is 2.69. The molecule has 0 amide bonds. The quantitative estimate of drug-likeness (QED) is 0.816. The van der Waals surface area contributed by atoms with Crippen molar-refractivity contribution in [1.29, 1.82) is 0 Å². The predicted molar refractivity (Wildman–Crippen MR) is 62.0 cm³/mol. The third-order valence-electron chi connectivity index (χ3n) is 2.87. The molecular weight excluding hydrogens is 204 g/mol. The van der Waals surface area contributed by atoms with E-state index < -0.39 is 5.60 Å². The van der Waals surface area contributed by atoms with Crippen LogP contribution in [0.3, 0.4) is 0 Å². The first-order valence-corrected chi connectivity index (χ1v) is 5.31. The van der Waals surface area contributed by atoms with Gasteiger partial charge in [-0.2, -0.15) is 0 Å². The molecule has 16 heavy (non-hydrogen) atoms. The van der Waals surface area contributed by atoms with Crippen LogP contribution in [0.4, 0.5) is 0 Å². The zero-order valence-electron chi connectivity index (χ0n) is 9.51. The maximum absolute atomic E-state index is 10.2. The lowest BCUT2D eigenvalue weighted by Crippen LogP contribution is -2.26. The van der Waals surface area contributed by atoms with E-state index in [1.54, 1.807) is 6.92 Å². The first kappa shape index (κ1) is 11.1. The third kappa shape index (κ3) is 1.70. The SMILES string of the molecule is Cn1c([C@](C)(O)CCO)nc2ccccc21. The fourth-order valence-corrected chi connectivity index (χ4v) is 1.96. The highest BCUT2D eigenvalue weighted by molar-refractivity contribution is 5.75. The summed E-state index contributed by atoms with van der Waals surface area (Å²) in [6.45, 7) is 1.61. The highest BCUT2D eigenvalue weighted by Crippen LogP contribution is 2.26. The number of aliphatic hydroxyl groups is 2. The van der Waals surface area contributed by atoms with Gasteiger partial charge >= 0.3 is 0 Å². The molecule has 2 rings (SSSR count). The Labute approximate surface area is 94.2 Å². The van der Waals surface area contributed by atoms with Crippen LogP contribution in [0.5, 0.6) is 0 Å². The lowest BCUT2D eigenvalue weighted by atomic mass is 10.0. The molecule has 86 valence electrons. The van der Waals surface area contributed by atoms with Crippen LogP contribution in [-0.4, -0.2) is 26.4 Å². The van der Waals surface area contributed by atoms with Crippen molar-refractivity contribution < 1.29 is 10.2 Å². The fourth-order valence-electron chi connectivity index (χ4n) is 1.96. The van der Waals surface area contributed by atoms with Crippen molar-refractivity contribution in [3.05, 3.63) is 30.1 Å². The summed E-state index contributed by atoms with van der Waals surface area (Å²) in [5, 5.41) is 19.2. The number of benzene rings is 1. The molecule has 0 fully saturated rings. The van der Waals surface area contributed by atoms with Gasteiger partial charge in [0.05, 0.1) is 11.0 Å². The van der Waals surface area contributed by atoms with Crippen molar-refractivity contribution in [2.45, 2.75) is 18.9 Å². The van der Waals surface area contributed by atoms with Crippen molar-refractivity contribution in [1.82, 2.24) is 9.55 Å². The zero-order chi connectivity index (χ0) is 11.8. The van der Waals surface area contributed by atoms with Gasteiger partial charge in [-0.15, -0.1) is 0 Å². The topological polar surface area (TPSA) is 58.3 Å². The van der Waals surface area contributed by atoms with Gasteiger partial charge in [0, 0.05) is 20.1 Å². The maximum atomic E-state index is 10.2. The highest BCUT2D eigenvalue weighted by atomic mass is 16.3. The first-order chi connectivity index (χ1) is 7.56. The summed E-state index contributed by atoms with van der Waals surface area (Å²) in [5.41, 5.74) is 0.747. The van der Waals surface area contributed by atoms with Crippen molar-refractivity contribution in [2.75, 3.05) is 6.61 Å². The van der Waals surface area contributed by atoms with Crippen molar-refractivity contribution in [3.63, 3.8) is 0 Å². The zero-order valence-corrected chi connectivity index (χ0v) is 9.51. The molecule has 4 heteroatoms. The molecule has 4 nitrogen and oxygen atoms in total. The molecule has 0 aliphatic heterocycles. The van der Waals surface area contributed by atoms with Gasteiger partial charge in [0.25, 0.3) is 0 Å². The van der Waals surface area contributed by atoms with E-state index in [1.807, 2.05) is 35.9 Å². The average molecular weight is 220 g/mol. The predicted octanol–water partition coefficient (Wildman–Crippen LogP) is 1.16. The second-order valence-corrected chi connectivity index (χ2v) is 4.23. The molecule has 0 aliphatic carbocycles. The standard InChI is InChI=1S/C12H16N2O2/c1-12(16,7-8-15)11-13-9-5-3-4-6-10(9)14(11)2/h3-6,15-16H,7-8H2,1-2H3/t12-/m1/s1. The Morgan fingerprint density at radius 1 is 1.38 bits per heavy atom. The first-order valence-electron chi connectivity index (χ1n) is 5.31. The summed E-state index contributed by atoms with van der Waals surface area (Å²) in [6, 6.07) is 7.73. The number of nitrogens with zero attached hydrogens (tertiary/aromatic N) is 2. The molecule has 0 aliphatic rings. The number of aliphatic hydroxyl groups excluding tert-OH is 1. The minimum atomic E-state index is -1.09. The van der Waals surface area contributed by atoms with Crippen LogP contribution in [0, 0.1) is 0 Å². The van der Waals surface area contributed by atoms with E-state index in [-0.39, 0.29) is 13.0 Å². The summed E-state index contributed by atoms with van der Waals surface area (Å²) in [5.74, 6) is 0.586. The smallest absolute Gasteiger partial charge is 0.141 e. The van der Waals surface area contributed by atoms with E-state index in [0.717, 1.165) is 11.0 Å². The molecule has 2 aromatic rings. The molecule has 0 saturated carbocycles. The monoisotopic (exact) mass is 220 g/mol. The average Bonchev–Trinajstić information content (AvgIpc) is 2.58. The maximum Gasteiger partial charge on any atom is 0.141 e. The number of aromatic nitrogens is 2. The lowest BCUT2D eigenvalue weighted by molar-refractivity contribution is 0.0196. The van der Waals surface area contributed by atoms with Gasteiger partial charge in [0.2, 0.25) is 0 Å². The Balaban J connectivity index is 2.57. The highest BCUT2D eigenvalue weighted by Gasteiger charge is 2.28. The summed E-state index contributed by atoms with van der Waals surface area (Å²) >= 11 is 0. The molecule has 0 radical (unpaired) electrons. The van der Waals surface area contributed by atoms with Crippen LogP contribution in [0.15, 0.2) is 24.3 Å². The summed E-state index contributed by atoms with van der Waals surface area (Å²) in [7, 11) is 1.87. The normalized spacial score (nSPS) is 15.2. The van der Waals surface area contributed by atoms with E-state index in [1.165, 1.54) is 0 Å². The van der Waals surface area contributed by atoms with Gasteiger partial charge in [0.1, 0.15) is 11.4 Å². The fraction of sp³-hybridized carbons (Fsp3) is 0.417. The second kappa shape index (κ2) is 3.88. The van der Waals surface area contributed by atoms with Crippen molar-refractivity contribution in [2.24, 2.45) is 7.05 Å². The summed E-state index contributed by atoms with van der Waals surface area (Å²) in [4.78, 5) is 4.40. The number of imidazole rings is 1. The van der Waals surface area contributed by atoms with Crippen molar-refractivity contribution in [3.8, 4) is 0 Å². The Hall–Kier alpha value is -1.39. The van der Waals surface area contributed by atoms with Crippen molar-refractivity contribution >= 4 is 11.0 Å². The molecule has 0 spiro atoms. The molecule has 1 heterocycles. The number of hydrogen-bond acceptors (Lipinski definition) is 3. The molecule has 0 unspecified atom stereocenters. The molecular formula is C12H16N2O2. The van der Waals surface area contributed by atoms with Crippen LogP contribution in [0.2, 0.25) is 0 Å². The van der Waals surface area contributed by atoms with Crippen LogP contribution in [-0.2, 0) is 12.6 Å². The number of hydrogen-bond donors (Lipinski definition) is 2. The van der Waals surface area contributed by atoms with Gasteiger partial charge in [0.15, 0.2) is 0 Å². The van der Waals surface area contributed by atoms with Crippen LogP contribution >= 0.6 is 0 Å². The molecule has 2 N–H and O–H groups in total. The lowest BCUT2D eigenvalue weighted by Gasteiger charge is -2.21. The van der Waals surface area contributed by atoms with E-state index in [4.69, 9.17) is 5.11 Å². The number of aryl methyl sites for hydroxylation is 1. The molecule has 0 bridgehead atoms. The van der Waals surface area contributed by atoms with Crippen LogP contribution in [0.1, 0.15) is 19.2 Å². The molecule has 1 aromatic heterocycles. The van der Waals surface area contributed by atoms with E-state index in [2.05, 4.69) is 4.98 Å². The van der Waals surface area contributed by atoms with E-state index in [0.29, 0.717) is 5.82 Å². The minimum Gasteiger partial charge on any atom is -0.396 e. The largest absolute Gasteiger partial charge is 0.396 e. The van der Waals surface area contributed by atoms with Gasteiger partial charge < -0.3 is 14.8 Å². The second-order valence-electron chi connectivity index (χ2n) is 4.23. The van der Waals surface area contributed by atoms with E-state index >= 15 is 0 Å². The number of para-hydroxylation sites is 2. The summed E-state index contributed by atoms with van der Waals surface area (Å²) in [6.07, 6.45) is 0.282. The van der Waals surface area contributed by atoms with E-state index in [9.17, 15) is 5.11 Å². The summed E-state index contributed by atoms with van der Waals surface area (Å²) < 4.78 is 1.87. The van der Waals surface area contributed by atoms with Crippen LogP contribution in [0.25, 0.3) is 11.0 Å². The van der Waals surface area contributed by atoms with Gasteiger partial charge in [-0.1, -0.05) is 12.1 Å². The molecule has 1 aromatic carbocycles. The Morgan fingerprint density at radius 3 is 2.69 bits per heavy atom. The Morgan fingerprint density at radius 2 is 2.06 bits per heavy atom. The minimum absolute atomic E-state index is 0.0593. The van der Waals surface area contributed by atoms with Crippen LogP contribution < -0.4 is 0 Å². The van der Waals surface area contributed by atoms with Gasteiger partial charge in [-0.05, 0) is 19.1 Å². The molecule has 1 atom stereocenters. The third-order valence-corrected chi connectivity index (χ3v) is 2.87. The number of fused-ring (bicyclic) bond motifs is 1. The Bertz CT molecular complexity index is 503. The molecule has 0 saturated heterocycles. The number of rotatable bonds is 3. The van der Waals surface area contributed by atoms with Gasteiger partial charge in [-0.25, -0.2) is 4.98 Å². The van der Waals surface area contributed by atoms with Gasteiger partial charge in [-0.3, -0.25) is 0 Å².